The van der Waals surface area contributed by atoms with E-state index in [1.54, 1.807) is 67.6 Å². The first-order valence-corrected chi connectivity index (χ1v) is 11.1. The van der Waals surface area contributed by atoms with Crippen LogP contribution in [0, 0.1) is 6.92 Å². The highest BCUT2D eigenvalue weighted by atomic mass is 32.2. The fourth-order valence-corrected chi connectivity index (χ4v) is 3.91. The number of benzene rings is 3. The van der Waals surface area contributed by atoms with E-state index in [2.05, 4.69) is 10.0 Å². The van der Waals surface area contributed by atoms with Crippen LogP contribution >= 0.6 is 0 Å². The third kappa shape index (κ3) is 5.39. The van der Waals surface area contributed by atoms with Gasteiger partial charge in [0.2, 0.25) is 0 Å². The van der Waals surface area contributed by atoms with Crippen LogP contribution in [0.15, 0.2) is 77.7 Å². The van der Waals surface area contributed by atoms with Gasteiger partial charge in [-0.1, -0.05) is 37.3 Å². The van der Waals surface area contributed by atoms with Gasteiger partial charge in [0.05, 0.1) is 17.2 Å². The summed E-state index contributed by atoms with van der Waals surface area (Å²) in [5.41, 5.74) is 2.07. The van der Waals surface area contributed by atoms with Crippen molar-refractivity contribution in [3.8, 4) is 5.75 Å². The zero-order valence-corrected chi connectivity index (χ0v) is 17.7. The fraction of sp³-hybridized carbons (Fsp3) is 0.174. The van der Waals surface area contributed by atoms with Gasteiger partial charge in [-0.3, -0.25) is 9.52 Å². The third-order valence-corrected chi connectivity index (χ3v) is 5.74. The first-order chi connectivity index (χ1) is 14.4. The van der Waals surface area contributed by atoms with Crippen molar-refractivity contribution in [2.75, 3.05) is 16.6 Å². The van der Waals surface area contributed by atoms with Crippen LogP contribution in [-0.2, 0) is 10.0 Å². The minimum Gasteiger partial charge on any atom is -0.494 e. The zero-order chi connectivity index (χ0) is 21.6. The topological polar surface area (TPSA) is 84.5 Å². The molecule has 0 radical (unpaired) electrons. The van der Waals surface area contributed by atoms with Crippen LogP contribution in [0.2, 0.25) is 0 Å². The van der Waals surface area contributed by atoms with Crippen LogP contribution in [0.1, 0.15) is 29.3 Å². The number of hydrogen-bond donors (Lipinski definition) is 2. The van der Waals surface area contributed by atoms with E-state index in [0.29, 0.717) is 29.3 Å². The molecule has 156 valence electrons. The van der Waals surface area contributed by atoms with Crippen LogP contribution in [0.25, 0.3) is 0 Å². The van der Waals surface area contributed by atoms with Gasteiger partial charge in [-0.2, -0.15) is 0 Å². The summed E-state index contributed by atoms with van der Waals surface area (Å²) in [5, 5.41) is 2.81. The van der Waals surface area contributed by atoms with Gasteiger partial charge in [-0.05, 0) is 61.4 Å². The summed E-state index contributed by atoms with van der Waals surface area (Å²) in [6, 6.07) is 20.1. The number of rotatable bonds is 8. The SMILES string of the molecule is CCCOc1cccc(C(=O)Nc2ccc(C)c(NS(=O)(=O)c3ccccc3)c2)c1. The van der Waals surface area contributed by atoms with E-state index in [1.165, 1.54) is 12.1 Å². The van der Waals surface area contributed by atoms with Gasteiger partial charge in [-0.25, -0.2) is 8.42 Å². The number of ether oxygens (including phenoxy) is 1. The lowest BCUT2D eigenvalue weighted by Crippen LogP contribution is -2.15. The molecule has 0 aliphatic carbocycles. The number of amides is 1. The van der Waals surface area contributed by atoms with Crippen LogP contribution in [0.4, 0.5) is 11.4 Å². The molecule has 1 amide bonds. The van der Waals surface area contributed by atoms with E-state index in [9.17, 15) is 13.2 Å². The minimum atomic E-state index is -3.73. The molecular weight excluding hydrogens is 400 g/mol. The van der Waals surface area contributed by atoms with Crippen molar-refractivity contribution in [1.29, 1.82) is 0 Å². The first kappa shape index (κ1) is 21.4. The van der Waals surface area contributed by atoms with Gasteiger partial charge in [-0.15, -0.1) is 0 Å². The molecule has 6 nitrogen and oxygen atoms in total. The van der Waals surface area contributed by atoms with Gasteiger partial charge in [0.25, 0.3) is 15.9 Å². The first-order valence-electron chi connectivity index (χ1n) is 9.62. The van der Waals surface area contributed by atoms with Gasteiger partial charge >= 0.3 is 0 Å². The standard InChI is InChI=1S/C23H24N2O4S/c1-3-14-29-20-9-7-8-18(15-20)23(26)24-19-13-12-17(2)22(16-19)25-30(27,28)21-10-5-4-6-11-21/h4-13,15-16,25H,3,14H2,1-2H3,(H,24,26). The lowest BCUT2D eigenvalue weighted by molar-refractivity contribution is 0.102. The largest absolute Gasteiger partial charge is 0.494 e. The maximum Gasteiger partial charge on any atom is 0.261 e. The number of sulfonamides is 1. The summed E-state index contributed by atoms with van der Waals surface area (Å²) in [7, 11) is -3.73. The predicted octanol–water partition coefficient (Wildman–Crippen LogP) is 4.84. The quantitative estimate of drug-likeness (QED) is 0.542. The van der Waals surface area contributed by atoms with E-state index in [1.807, 2.05) is 6.92 Å². The van der Waals surface area contributed by atoms with Gasteiger partial charge < -0.3 is 10.1 Å². The molecule has 0 aliphatic rings. The van der Waals surface area contributed by atoms with Crippen LogP contribution in [-0.4, -0.2) is 20.9 Å². The molecule has 7 heteroatoms. The van der Waals surface area contributed by atoms with Gasteiger partial charge in [0.1, 0.15) is 5.75 Å². The minimum absolute atomic E-state index is 0.169. The molecule has 0 saturated heterocycles. The molecule has 3 rings (SSSR count). The average molecular weight is 425 g/mol. The van der Waals surface area contributed by atoms with Crippen LogP contribution in [0.3, 0.4) is 0 Å². The predicted molar refractivity (Wildman–Crippen MR) is 119 cm³/mol. The second-order valence-electron chi connectivity index (χ2n) is 6.78. The van der Waals surface area contributed by atoms with E-state index in [4.69, 9.17) is 4.74 Å². The van der Waals surface area contributed by atoms with Gasteiger partial charge in [0, 0.05) is 11.3 Å². The van der Waals surface area contributed by atoms with E-state index in [0.717, 1.165) is 12.0 Å². The van der Waals surface area contributed by atoms with Gasteiger partial charge in [0.15, 0.2) is 0 Å². The van der Waals surface area contributed by atoms with Crippen molar-refractivity contribution in [3.05, 3.63) is 83.9 Å². The van der Waals surface area contributed by atoms with Crippen molar-refractivity contribution >= 4 is 27.3 Å². The number of nitrogens with one attached hydrogen (secondary N) is 2. The lowest BCUT2D eigenvalue weighted by Gasteiger charge is -2.13. The molecular formula is C23H24N2O4S. The summed E-state index contributed by atoms with van der Waals surface area (Å²) in [6.45, 7) is 4.38. The number of hydrogen-bond acceptors (Lipinski definition) is 4. The molecule has 3 aromatic rings. The Morgan fingerprint density at radius 3 is 2.47 bits per heavy atom. The van der Waals surface area contributed by atoms with Crippen molar-refractivity contribution in [3.63, 3.8) is 0 Å². The van der Waals surface area contributed by atoms with E-state index < -0.39 is 10.0 Å². The Hall–Kier alpha value is -3.32. The Bertz CT molecular complexity index is 1130. The zero-order valence-electron chi connectivity index (χ0n) is 16.9. The molecule has 3 aromatic carbocycles. The molecule has 0 spiro atoms. The smallest absolute Gasteiger partial charge is 0.261 e. The van der Waals surface area contributed by atoms with Crippen LogP contribution < -0.4 is 14.8 Å². The monoisotopic (exact) mass is 424 g/mol. The fourth-order valence-electron chi connectivity index (χ4n) is 2.76. The molecule has 0 atom stereocenters. The number of carbonyl (C=O) groups excluding carboxylic acids is 1. The summed E-state index contributed by atoms with van der Waals surface area (Å²) in [4.78, 5) is 12.8. The maximum atomic E-state index is 12.6. The molecule has 30 heavy (non-hydrogen) atoms. The summed E-state index contributed by atoms with van der Waals surface area (Å²) >= 11 is 0. The maximum absolute atomic E-state index is 12.6. The number of anilines is 2. The number of aryl methyl sites for hydroxylation is 1. The van der Waals surface area contributed by atoms with Crippen molar-refractivity contribution in [2.45, 2.75) is 25.2 Å². The van der Waals surface area contributed by atoms with Crippen molar-refractivity contribution in [1.82, 2.24) is 0 Å². The second-order valence-corrected chi connectivity index (χ2v) is 8.46. The molecule has 0 heterocycles. The Kier molecular flexibility index (Phi) is 6.74. The number of carbonyl (C=O) groups is 1. The average Bonchev–Trinajstić information content (AvgIpc) is 2.75. The summed E-state index contributed by atoms with van der Waals surface area (Å²) in [5.74, 6) is 0.322. The highest BCUT2D eigenvalue weighted by Gasteiger charge is 2.16. The van der Waals surface area contributed by atoms with E-state index in [-0.39, 0.29) is 10.8 Å². The molecule has 0 aromatic heterocycles. The molecule has 0 saturated carbocycles. The molecule has 0 fully saturated rings. The Labute approximate surface area is 177 Å². The molecule has 2 N–H and O–H groups in total. The lowest BCUT2D eigenvalue weighted by atomic mass is 10.1. The van der Waals surface area contributed by atoms with Crippen molar-refractivity contribution < 1.29 is 17.9 Å². The highest BCUT2D eigenvalue weighted by Crippen LogP contribution is 2.24. The Balaban J connectivity index is 1.78. The highest BCUT2D eigenvalue weighted by molar-refractivity contribution is 7.92. The third-order valence-electron chi connectivity index (χ3n) is 4.36. The second kappa shape index (κ2) is 9.45. The Morgan fingerprint density at radius 1 is 0.967 bits per heavy atom. The molecule has 0 bridgehead atoms. The van der Waals surface area contributed by atoms with E-state index >= 15 is 0 Å². The summed E-state index contributed by atoms with van der Waals surface area (Å²) < 4.78 is 33.4. The summed E-state index contributed by atoms with van der Waals surface area (Å²) in [6.07, 6.45) is 0.876. The van der Waals surface area contributed by atoms with Crippen LogP contribution in [0.5, 0.6) is 5.75 Å². The Morgan fingerprint density at radius 2 is 1.73 bits per heavy atom. The molecule has 0 aliphatic heterocycles. The molecule has 0 unspecified atom stereocenters. The van der Waals surface area contributed by atoms with Crippen molar-refractivity contribution in [2.24, 2.45) is 0 Å². The normalized spacial score (nSPS) is 11.0.